The Hall–Kier alpha value is -3.43. The highest BCUT2D eigenvalue weighted by atomic mass is 32.2. The van der Waals surface area contributed by atoms with E-state index in [-0.39, 0.29) is 16.5 Å². The summed E-state index contributed by atoms with van der Waals surface area (Å²) >= 11 is 2.54. The summed E-state index contributed by atoms with van der Waals surface area (Å²) in [6.07, 6.45) is 0. The number of para-hydroxylation sites is 2. The predicted octanol–water partition coefficient (Wildman–Crippen LogP) is 5.35. The van der Waals surface area contributed by atoms with Gasteiger partial charge in [-0.3, -0.25) is 4.79 Å². The van der Waals surface area contributed by atoms with E-state index in [0.29, 0.717) is 22.7 Å². The van der Waals surface area contributed by atoms with E-state index < -0.39 is 11.3 Å². The van der Waals surface area contributed by atoms with Crippen LogP contribution < -0.4 is 15.4 Å². The molecule has 156 valence electrons. The number of aromatic carboxylic acids is 1. The molecule has 1 aliphatic rings. The zero-order valence-electron chi connectivity index (χ0n) is 16.2. The maximum Gasteiger partial charge on any atom is 0.339 e. The Morgan fingerprint density at radius 3 is 2.81 bits per heavy atom. The predicted molar refractivity (Wildman–Crippen MR) is 121 cm³/mol. The highest BCUT2D eigenvalue weighted by Crippen LogP contribution is 2.41. The van der Waals surface area contributed by atoms with Gasteiger partial charge in [-0.15, -0.1) is 11.3 Å². The quantitative estimate of drug-likeness (QED) is 0.375. The van der Waals surface area contributed by atoms with Gasteiger partial charge in [0.15, 0.2) is 16.7 Å². The molecule has 1 unspecified atom stereocenters. The van der Waals surface area contributed by atoms with E-state index in [1.807, 2.05) is 36.4 Å². The van der Waals surface area contributed by atoms with E-state index in [1.165, 1.54) is 11.8 Å². The van der Waals surface area contributed by atoms with Crippen LogP contribution in [0.4, 0.5) is 10.7 Å². The number of methoxy groups -OCH3 is 1. The minimum Gasteiger partial charge on any atom is -0.493 e. The van der Waals surface area contributed by atoms with Crippen LogP contribution in [0.5, 0.6) is 5.75 Å². The summed E-state index contributed by atoms with van der Waals surface area (Å²) in [5.41, 5.74) is 1.82. The number of rotatable bonds is 5. The van der Waals surface area contributed by atoms with Crippen molar-refractivity contribution in [3.05, 3.63) is 59.5 Å². The van der Waals surface area contributed by atoms with Crippen molar-refractivity contribution in [3.8, 4) is 17.1 Å². The summed E-state index contributed by atoms with van der Waals surface area (Å²) in [6.45, 7) is 0. The molecule has 0 fully saturated rings. The number of thiophene rings is 1. The van der Waals surface area contributed by atoms with Crippen LogP contribution in [-0.2, 0) is 4.79 Å². The van der Waals surface area contributed by atoms with Crippen LogP contribution in [0.15, 0.2) is 63.2 Å². The first kappa shape index (κ1) is 19.5. The number of carboxylic acid groups (broad SMARTS) is 1. The van der Waals surface area contributed by atoms with Gasteiger partial charge in [0.2, 0.25) is 0 Å². The maximum absolute atomic E-state index is 12.8. The summed E-state index contributed by atoms with van der Waals surface area (Å²) in [6, 6.07) is 14.9. The normalized spacial score (nSPS) is 14.8. The molecule has 0 aliphatic carbocycles. The van der Waals surface area contributed by atoms with Crippen LogP contribution in [-0.4, -0.2) is 29.5 Å². The monoisotopic (exact) mass is 452 g/mol. The van der Waals surface area contributed by atoms with Crippen molar-refractivity contribution >= 4 is 56.6 Å². The summed E-state index contributed by atoms with van der Waals surface area (Å²) in [4.78, 5) is 25.8. The molecule has 31 heavy (non-hydrogen) atoms. The fourth-order valence-corrected chi connectivity index (χ4v) is 5.42. The molecule has 2 aromatic heterocycles. The van der Waals surface area contributed by atoms with Gasteiger partial charge < -0.3 is 24.9 Å². The van der Waals surface area contributed by atoms with Crippen LogP contribution >= 0.6 is 23.1 Å². The number of furan rings is 1. The van der Waals surface area contributed by atoms with Crippen molar-refractivity contribution in [3.63, 3.8) is 0 Å². The third-order valence-electron chi connectivity index (χ3n) is 4.89. The molecule has 3 heterocycles. The highest BCUT2D eigenvalue weighted by Gasteiger charge is 2.30. The molecule has 5 rings (SSSR count). The first-order chi connectivity index (χ1) is 15.0. The van der Waals surface area contributed by atoms with Gasteiger partial charge in [0, 0.05) is 26.9 Å². The maximum atomic E-state index is 12.8. The van der Waals surface area contributed by atoms with E-state index in [4.69, 9.17) is 9.15 Å². The Kier molecular flexibility index (Phi) is 4.84. The number of fused-ring (bicyclic) bond motifs is 2. The standard InChI is InChI=1S/C22H16N2O5S2/c1-28-14-7-4-5-11-9-15(29-18(11)14)12-10-30-20(17(12)22(26)27)24-19(25)21-23-13-6-2-3-8-16(13)31-21/h2-10,21,23H,1H3,(H,24,25)(H,26,27). The lowest BCUT2D eigenvalue weighted by Gasteiger charge is -2.11. The van der Waals surface area contributed by atoms with E-state index in [1.54, 1.807) is 24.6 Å². The van der Waals surface area contributed by atoms with Gasteiger partial charge in [-0.2, -0.15) is 0 Å². The van der Waals surface area contributed by atoms with Crippen molar-refractivity contribution in [1.82, 2.24) is 0 Å². The zero-order chi connectivity index (χ0) is 21.5. The second-order valence-electron chi connectivity index (χ2n) is 6.78. The molecule has 1 atom stereocenters. The number of amides is 1. The van der Waals surface area contributed by atoms with E-state index >= 15 is 0 Å². The van der Waals surface area contributed by atoms with Crippen LogP contribution in [0.1, 0.15) is 10.4 Å². The number of hydrogen-bond acceptors (Lipinski definition) is 7. The van der Waals surface area contributed by atoms with Gasteiger partial charge in [-0.25, -0.2) is 4.79 Å². The Balaban J connectivity index is 1.45. The Bertz CT molecular complexity index is 1300. The minimum absolute atomic E-state index is 0.00289. The number of carbonyl (C=O) groups excluding carboxylic acids is 1. The SMILES string of the molecule is COc1cccc2cc(-c3csc(NC(=O)C4Nc5ccccc5S4)c3C(=O)O)oc12. The zero-order valence-corrected chi connectivity index (χ0v) is 17.8. The Morgan fingerprint density at radius 2 is 2.03 bits per heavy atom. The molecule has 0 bridgehead atoms. The number of carboxylic acids is 1. The lowest BCUT2D eigenvalue weighted by molar-refractivity contribution is -0.115. The number of anilines is 2. The number of hydrogen-bond donors (Lipinski definition) is 3. The molecule has 3 N–H and O–H groups in total. The van der Waals surface area contributed by atoms with Crippen LogP contribution in [0.3, 0.4) is 0 Å². The highest BCUT2D eigenvalue weighted by molar-refractivity contribution is 8.01. The lowest BCUT2D eigenvalue weighted by atomic mass is 10.1. The van der Waals surface area contributed by atoms with Crippen LogP contribution in [0.2, 0.25) is 0 Å². The van der Waals surface area contributed by atoms with E-state index in [2.05, 4.69) is 10.6 Å². The topological polar surface area (TPSA) is 101 Å². The largest absolute Gasteiger partial charge is 0.493 e. The smallest absolute Gasteiger partial charge is 0.339 e. The molecular formula is C22H16N2O5S2. The minimum atomic E-state index is -1.14. The average molecular weight is 453 g/mol. The number of benzene rings is 2. The van der Waals surface area contributed by atoms with Crippen molar-refractivity contribution in [1.29, 1.82) is 0 Å². The molecule has 2 aromatic carbocycles. The van der Waals surface area contributed by atoms with Crippen molar-refractivity contribution in [2.75, 3.05) is 17.7 Å². The molecule has 1 aliphatic heterocycles. The van der Waals surface area contributed by atoms with Gasteiger partial charge in [0.05, 0.1) is 7.11 Å². The Morgan fingerprint density at radius 1 is 1.19 bits per heavy atom. The molecule has 7 nitrogen and oxygen atoms in total. The van der Waals surface area contributed by atoms with Crippen molar-refractivity contribution < 1.29 is 23.8 Å². The molecular weight excluding hydrogens is 436 g/mol. The van der Waals surface area contributed by atoms with E-state index in [9.17, 15) is 14.7 Å². The number of nitrogens with one attached hydrogen (secondary N) is 2. The number of carbonyl (C=O) groups is 2. The third kappa shape index (κ3) is 3.41. The third-order valence-corrected chi connectivity index (χ3v) is 6.96. The van der Waals surface area contributed by atoms with Gasteiger partial charge in [-0.05, 0) is 24.3 Å². The van der Waals surface area contributed by atoms with Gasteiger partial charge in [0.1, 0.15) is 16.3 Å². The van der Waals surface area contributed by atoms with Crippen molar-refractivity contribution in [2.45, 2.75) is 10.3 Å². The van der Waals surface area contributed by atoms with Gasteiger partial charge in [0.25, 0.3) is 5.91 Å². The summed E-state index contributed by atoms with van der Waals surface area (Å²) in [5.74, 6) is -0.500. The lowest BCUT2D eigenvalue weighted by Crippen LogP contribution is -2.29. The average Bonchev–Trinajstić information content (AvgIpc) is 3.48. The van der Waals surface area contributed by atoms with Gasteiger partial charge >= 0.3 is 5.97 Å². The molecule has 0 saturated heterocycles. The molecule has 0 spiro atoms. The second kappa shape index (κ2) is 7.68. The number of thioether (sulfide) groups is 1. The first-order valence-electron chi connectivity index (χ1n) is 9.30. The molecule has 0 radical (unpaired) electrons. The molecule has 4 aromatic rings. The molecule has 9 heteroatoms. The second-order valence-corrected chi connectivity index (χ2v) is 8.80. The molecule has 1 amide bonds. The van der Waals surface area contributed by atoms with E-state index in [0.717, 1.165) is 27.3 Å². The molecule has 0 saturated carbocycles. The summed E-state index contributed by atoms with van der Waals surface area (Å²) in [7, 11) is 1.55. The summed E-state index contributed by atoms with van der Waals surface area (Å²) in [5, 5.41) is 18.0. The Labute approximate surface area is 185 Å². The van der Waals surface area contributed by atoms with Crippen LogP contribution in [0.25, 0.3) is 22.3 Å². The van der Waals surface area contributed by atoms with Crippen LogP contribution in [0, 0.1) is 0 Å². The van der Waals surface area contributed by atoms with Crippen molar-refractivity contribution in [2.24, 2.45) is 0 Å². The van der Waals surface area contributed by atoms with Gasteiger partial charge in [-0.1, -0.05) is 36.0 Å². The fourth-order valence-electron chi connectivity index (χ4n) is 3.46. The first-order valence-corrected chi connectivity index (χ1v) is 11.1. The fraction of sp³-hybridized carbons (Fsp3) is 0.0909. The summed E-state index contributed by atoms with van der Waals surface area (Å²) < 4.78 is 11.2. The number of ether oxygens (including phenoxy) is 1.